The molecule has 0 bridgehead atoms. The van der Waals surface area contributed by atoms with Crippen LogP contribution in [0.5, 0.6) is 0 Å². The Morgan fingerprint density at radius 1 is 1.04 bits per heavy atom. The molecule has 0 aliphatic carbocycles. The van der Waals surface area contributed by atoms with Crippen LogP contribution in [-0.2, 0) is 6.54 Å². The van der Waals surface area contributed by atoms with Gasteiger partial charge in [-0.05, 0) is 18.1 Å². The van der Waals surface area contributed by atoms with Gasteiger partial charge in [0.25, 0.3) is 11.2 Å². The third-order valence-corrected chi connectivity index (χ3v) is 4.13. The Morgan fingerprint density at radius 3 is 2.27 bits per heavy atom. The van der Waals surface area contributed by atoms with Crippen molar-refractivity contribution in [2.24, 2.45) is 0 Å². The molecule has 0 fully saturated rings. The van der Waals surface area contributed by atoms with E-state index >= 15 is 0 Å². The minimum absolute atomic E-state index is 0.183. The number of pyridine rings is 1. The monoisotopic (exact) mass is 348 g/mol. The van der Waals surface area contributed by atoms with Crippen molar-refractivity contribution in [1.82, 2.24) is 4.57 Å². The number of rotatable bonds is 5. The highest BCUT2D eigenvalue weighted by Crippen LogP contribution is 2.20. The molecule has 6 heteroatoms. The molecule has 0 saturated carbocycles. The highest BCUT2D eigenvalue weighted by Gasteiger charge is 2.15. The van der Waals surface area contributed by atoms with Gasteiger partial charge < -0.3 is 4.57 Å². The van der Waals surface area contributed by atoms with Crippen LogP contribution in [0.25, 0.3) is 11.1 Å². The number of aromatic nitrogens is 1. The topological polar surface area (TPSA) is 82.2 Å². The Bertz CT molecular complexity index is 1020. The fourth-order valence-electron chi connectivity index (χ4n) is 2.69. The third-order valence-electron chi connectivity index (χ3n) is 4.13. The van der Waals surface area contributed by atoms with E-state index in [9.17, 15) is 19.7 Å². The largest absolute Gasteiger partial charge is 0.301 e. The summed E-state index contributed by atoms with van der Waals surface area (Å²) in [5, 5.41) is 11.0. The van der Waals surface area contributed by atoms with Crippen molar-refractivity contribution >= 4 is 11.5 Å². The number of nitro groups is 1. The maximum absolute atomic E-state index is 12.5. The Balaban J connectivity index is 1.84. The van der Waals surface area contributed by atoms with Crippen molar-refractivity contribution in [3.05, 3.63) is 98.5 Å². The lowest BCUT2D eigenvalue weighted by Gasteiger charge is -2.07. The van der Waals surface area contributed by atoms with Gasteiger partial charge in [0.15, 0.2) is 5.78 Å². The third kappa shape index (κ3) is 3.59. The minimum atomic E-state index is -0.565. The SMILES string of the molecule is Cc1cc(=O)n(CC(=O)c2ccc(-c3ccccc3)cc2)cc1[N+](=O)[O-]. The molecule has 1 heterocycles. The lowest BCUT2D eigenvalue weighted by atomic mass is 10.0. The van der Waals surface area contributed by atoms with Gasteiger partial charge >= 0.3 is 0 Å². The van der Waals surface area contributed by atoms with E-state index in [0.717, 1.165) is 21.9 Å². The normalized spacial score (nSPS) is 10.5. The van der Waals surface area contributed by atoms with E-state index in [4.69, 9.17) is 0 Å². The average Bonchev–Trinajstić information content (AvgIpc) is 2.64. The highest BCUT2D eigenvalue weighted by molar-refractivity contribution is 5.96. The Labute approximate surface area is 149 Å². The van der Waals surface area contributed by atoms with Crippen molar-refractivity contribution in [1.29, 1.82) is 0 Å². The molecule has 0 aliphatic heterocycles. The quantitative estimate of drug-likeness (QED) is 0.401. The van der Waals surface area contributed by atoms with E-state index in [1.54, 1.807) is 12.1 Å². The summed E-state index contributed by atoms with van der Waals surface area (Å²) in [7, 11) is 0. The van der Waals surface area contributed by atoms with E-state index < -0.39 is 10.5 Å². The van der Waals surface area contributed by atoms with Crippen LogP contribution >= 0.6 is 0 Å². The molecule has 0 aliphatic rings. The van der Waals surface area contributed by atoms with Gasteiger partial charge in [0.1, 0.15) is 0 Å². The summed E-state index contributed by atoms with van der Waals surface area (Å²) in [6, 6.07) is 18.0. The van der Waals surface area contributed by atoms with E-state index in [0.29, 0.717) is 5.56 Å². The molecular weight excluding hydrogens is 332 g/mol. The molecule has 26 heavy (non-hydrogen) atoms. The zero-order chi connectivity index (χ0) is 18.7. The molecule has 3 rings (SSSR count). The predicted molar refractivity (Wildman–Crippen MR) is 98.3 cm³/mol. The van der Waals surface area contributed by atoms with Crippen LogP contribution < -0.4 is 5.56 Å². The molecule has 0 radical (unpaired) electrons. The second kappa shape index (κ2) is 7.14. The Hall–Kier alpha value is -3.54. The first-order valence-corrected chi connectivity index (χ1v) is 8.00. The number of carbonyl (C=O) groups is 1. The highest BCUT2D eigenvalue weighted by atomic mass is 16.6. The molecule has 2 aromatic carbocycles. The van der Waals surface area contributed by atoms with Gasteiger partial charge in [-0.15, -0.1) is 0 Å². The number of hydrogen-bond donors (Lipinski definition) is 0. The summed E-state index contributed by atoms with van der Waals surface area (Å²) in [6.07, 6.45) is 1.12. The summed E-state index contributed by atoms with van der Waals surface area (Å²) >= 11 is 0. The molecule has 0 unspecified atom stereocenters. The molecule has 0 N–H and O–H groups in total. The van der Waals surface area contributed by atoms with E-state index in [-0.39, 0.29) is 23.6 Å². The van der Waals surface area contributed by atoms with Crippen LogP contribution in [0, 0.1) is 17.0 Å². The first kappa shape index (κ1) is 17.3. The molecule has 0 spiro atoms. The number of carbonyl (C=O) groups excluding carboxylic acids is 1. The lowest BCUT2D eigenvalue weighted by molar-refractivity contribution is -0.385. The maximum atomic E-state index is 12.5. The van der Waals surface area contributed by atoms with Crippen molar-refractivity contribution in [2.75, 3.05) is 0 Å². The summed E-state index contributed by atoms with van der Waals surface area (Å²) in [5.74, 6) is -0.287. The fourth-order valence-corrected chi connectivity index (χ4v) is 2.69. The predicted octanol–water partition coefficient (Wildman–Crippen LogP) is 3.61. The van der Waals surface area contributed by atoms with Crippen LogP contribution in [0.4, 0.5) is 5.69 Å². The van der Waals surface area contributed by atoms with Gasteiger partial charge in [0.2, 0.25) is 0 Å². The number of nitrogens with zero attached hydrogens (tertiary/aromatic N) is 2. The number of benzene rings is 2. The van der Waals surface area contributed by atoms with Gasteiger partial charge in [-0.25, -0.2) is 0 Å². The molecule has 0 saturated heterocycles. The zero-order valence-electron chi connectivity index (χ0n) is 14.1. The molecule has 3 aromatic rings. The van der Waals surface area contributed by atoms with Crippen molar-refractivity contribution in [3.8, 4) is 11.1 Å². The van der Waals surface area contributed by atoms with Gasteiger partial charge in [0.05, 0.1) is 17.7 Å². The maximum Gasteiger partial charge on any atom is 0.288 e. The second-order valence-electron chi connectivity index (χ2n) is 5.93. The lowest BCUT2D eigenvalue weighted by Crippen LogP contribution is -2.24. The van der Waals surface area contributed by atoms with Crippen molar-refractivity contribution in [2.45, 2.75) is 13.5 Å². The standard InChI is InChI=1S/C20H16N2O4/c1-14-11-20(24)21(12-18(14)22(25)26)13-19(23)17-9-7-16(8-10-17)15-5-3-2-4-6-15/h2-12H,13H2,1H3. The summed E-state index contributed by atoms with van der Waals surface area (Å²) in [5.41, 5.74) is 2.11. The van der Waals surface area contributed by atoms with Crippen LogP contribution in [0.2, 0.25) is 0 Å². The number of Topliss-reactive ketones (excluding diaryl/α,β-unsaturated/α-hetero) is 1. The van der Waals surface area contributed by atoms with Crippen LogP contribution in [-0.4, -0.2) is 15.3 Å². The first-order chi connectivity index (χ1) is 12.5. The molecular formula is C20H16N2O4. The zero-order valence-corrected chi connectivity index (χ0v) is 14.1. The van der Waals surface area contributed by atoms with Gasteiger partial charge in [-0.3, -0.25) is 19.7 Å². The van der Waals surface area contributed by atoms with E-state index in [1.807, 2.05) is 42.5 Å². The number of hydrogen-bond acceptors (Lipinski definition) is 4. The molecule has 1 aromatic heterocycles. The molecule has 130 valence electrons. The van der Waals surface area contributed by atoms with Crippen LogP contribution in [0.1, 0.15) is 15.9 Å². The molecule has 0 atom stereocenters. The van der Waals surface area contributed by atoms with Gasteiger partial charge in [0, 0.05) is 17.2 Å². The number of aryl methyl sites for hydroxylation is 1. The summed E-state index contributed by atoms with van der Waals surface area (Å²) < 4.78 is 1.07. The molecule has 6 nitrogen and oxygen atoms in total. The Kier molecular flexibility index (Phi) is 4.75. The number of ketones is 1. The smallest absolute Gasteiger partial charge is 0.288 e. The van der Waals surface area contributed by atoms with E-state index in [2.05, 4.69) is 0 Å². The van der Waals surface area contributed by atoms with Gasteiger partial charge in [-0.2, -0.15) is 0 Å². The minimum Gasteiger partial charge on any atom is -0.301 e. The summed E-state index contributed by atoms with van der Waals surface area (Å²) in [4.78, 5) is 34.9. The van der Waals surface area contributed by atoms with E-state index in [1.165, 1.54) is 13.0 Å². The van der Waals surface area contributed by atoms with Crippen molar-refractivity contribution < 1.29 is 9.72 Å². The Morgan fingerprint density at radius 2 is 1.65 bits per heavy atom. The fraction of sp³-hybridized carbons (Fsp3) is 0.100. The van der Waals surface area contributed by atoms with Crippen LogP contribution in [0.3, 0.4) is 0 Å². The molecule has 0 amide bonds. The average molecular weight is 348 g/mol. The van der Waals surface area contributed by atoms with Crippen LogP contribution in [0.15, 0.2) is 71.7 Å². The second-order valence-corrected chi connectivity index (χ2v) is 5.93. The summed E-state index contributed by atoms with van der Waals surface area (Å²) in [6.45, 7) is 1.25. The first-order valence-electron chi connectivity index (χ1n) is 8.00. The van der Waals surface area contributed by atoms with Gasteiger partial charge in [-0.1, -0.05) is 54.6 Å². The van der Waals surface area contributed by atoms with Crippen molar-refractivity contribution in [3.63, 3.8) is 0 Å².